The fourth-order valence-corrected chi connectivity index (χ4v) is 2.00. The smallest absolute Gasteiger partial charge is 0.0574 e. The van der Waals surface area contributed by atoms with Crippen LogP contribution in [0.1, 0.15) is 20.3 Å². The van der Waals surface area contributed by atoms with E-state index < -0.39 is 0 Å². The van der Waals surface area contributed by atoms with Crippen molar-refractivity contribution in [3.63, 3.8) is 0 Å². The first-order chi connectivity index (χ1) is 7.13. The van der Waals surface area contributed by atoms with Crippen molar-refractivity contribution < 1.29 is 0 Å². The normalized spacial score (nSPS) is 14.9. The number of terminal acetylenes is 1. The summed E-state index contributed by atoms with van der Waals surface area (Å²) in [4.78, 5) is 2.42. The molecule has 0 aromatic carbocycles. The van der Waals surface area contributed by atoms with Crippen LogP contribution in [0.15, 0.2) is 0 Å². The van der Waals surface area contributed by atoms with E-state index in [0.717, 1.165) is 6.54 Å². The van der Waals surface area contributed by atoms with Gasteiger partial charge in [0.1, 0.15) is 0 Å². The molecule has 2 atom stereocenters. The number of nitrogens with zero attached hydrogens (tertiary/aromatic N) is 1. The van der Waals surface area contributed by atoms with Crippen molar-refractivity contribution in [3.05, 3.63) is 0 Å². The topological polar surface area (TPSA) is 15.3 Å². The molecule has 0 bridgehead atoms. The molecule has 0 aliphatic rings. The average molecular weight is 228 g/mol. The van der Waals surface area contributed by atoms with Crippen LogP contribution in [0.4, 0.5) is 0 Å². The summed E-state index contributed by atoms with van der Waals surface area (Å²) in [6.45, 7) is 6.15. The van der Waals surface area contributed by atoms with Gasteiger partial charge in [-0.2, -0.15) is 11.8 Å². The number of nitrogens with one attached hydrogen (secondary N) is 1. The summed E-state index contributed by atoms with van der Waals surface area (Å²) in [7, 11) is 2.19. The zero-order chi connectivity index (χ0) is 11.7. The largest absolute Gasteiger partial charge is 0.305 e. The van der Waals surface area contributed by atoms with Crippen molar-refractivity contribution in [2.45, 2.75) is 32.4 Å². The minimum absolute atomic E-state index is 0.537. The molecule has 15 heavy (non-hydrogen) atoms. The number of likely N-dealkylation sites (N-methyl/N-ethyl adjacent to an activating group) is 1. The van der Waals surface area contributed by atoms with Crippen LogP contribution in [-0.2, 0) is 0 Å². The van der Waals surface area contributed by atoms with E-state index in [1.807, 2.05) is 11.8 Å². The lowest BCUT2D eigenvalue weighted by atomic mass is 10.2. The van der Waals surface area contributed by atoms with Gasteiger partial charge in [0, 0.05) is 18.6 Å². The maximum Gasteiger partial charge on any atom is 0.0574 e. The summed E-state index contributed by atoms with van der Waals surface area (Å²) in [6, 6.07) is 1.18. The number of rotatable bonds is 8. The van der Waals surface area contributed by atoms with Gasteiger partial charge in [-0.1, -0.05) is 5.92 Å². The highest BCUT2D eigenvalue weighted by molar-refractivity contribution is 7.98. The Hall–Kier alpha value is -0.170. The van der Waals surface area contributed by atoms with Crippen LogP contribution in [-0.4, -0.2) is 49.1 Å². The predicted molar refractivity (Wildman–Crippen MR) is 71.4 cm³/mol. The third kappa shape index (κ3) is 6.83. The van der Waals surface area contributed by atoms with Gasteiger partial charge in [-0.25, -0.2) is 0 Å². The van der Waals surface area contributed by atoms with Crippen molar-refractivity contribution in [2.24, 2.45) is 0 Å². The Bertz CT molecular complexity index is 189. The van der Waals surface area contributed by atoms with Gasteiger partial charge in [0.25, 0.3) is 0 Å². The molecule has 1 N–H and O–H groups in total. The minimum atomic E-state index is 0.537. The Morgan fingerprint density at radius 1 is 1.40 bits per heavy atom. The molecule has 0 aromatic heterocycles. The van der Waals surface area contributed by atoms with E-state index >= 15 is 0 Å². The van der Waals surface area contributed by atoms with Crippen LogP contribution in [0.2, 0.25) is 0 Å². The Kier molecular flexibility index (Phi) is 8.98. The molecule has 0 saturated heterocycles. The van der Waals surface area contributed by atoms with Gasteiger partial charge in [0.15, 0.2) is 0 Å². The Morgan fingerprint density at radius 2 is 2.07 bits per heavy atom. The maximum absolute atomic E-state index is 5.19. The average Bonchev–Trinajstić information content (AvgIpc) is 2.24. The molecule has 0 amide bonds. The highest BCUT2D eigenvalue weighted by atomic mass is 32.2. The molecule has 0 fully saturated rings. The summed E-state index contributed by atoms with van der Waals surface area (Å²) in [6.07, 6.45) is 8.59. The van der Waals surface area contributed by atoms with Crippen LogP contribution >= 0.6 is 11.8 Å². The second-order valence-electron chi connectivity index (χ2n) is 3.98. The third-order valence-electron chi connectivity index (χ3n) is 2.80. The SMILES string of the molecule is C#CCNCC(C)N(C)C(C)CCSC. The Balaban J connectivity index is 3.75. The maximum atomic E-state index is 5.19. The second-order valence-corrected chi connectivity index (χ2v) is 4.97. The van der Waals surface area contributed by atoms with Gasteiger partial charge < -0.3 is 5.32 Å². The van der Waals surface area contributed by atoms with Gasteiger partial charge in [0.05, 0.1) is 6.54 Å². The van der Waals surface area contributed by atoms with Gasteiger partial charge in [0.2, 0.25) is 0 Å². The lowest BCUT2D eigenvalue weighted by molar-refractivity contribution is 0.190. The van der Waals surface area contributed by atoms with E-state index in [1.165, 1.54) is 12.2 Å². The molecule has 0 aliphatic heterocycles. The standard InChI is InChI=1S/C12H24N2S/c1-6-8-13-10-12(3)14(4)11(2)7-9-15-5/h1,11-13H,7-10H2,2-5H3. The summed E-state index contributed by atoms with van der Waals surface area (Å²) in [5.74, 6) is 3.82. The van der Waals surface area contributed by atoms with Crippen molar-refractivity contribution in [1.82, 2.24) is 10.2 Å². The van der Waals surface area contributed by atoms with Crippen LogP contribution in [0.5, 0.6) is 0 Å². The molecule has 0 aliphatic carbocycles. The molecule has 0 rings (SSSR count). The van der Waals surface area contributed by atoms with Crippen molar-refractivity contribution in [2.75, 3.05) is 32.1 Å². The minimum Gasteiger partial charge on any atom is -0.305 e. The van der Waals surface area contributed by atoms with Gasteiger partial charge in [-0.15, -0.1) is 6.42 Å². The Labute approximate surface area is 99.2 Å². The zero-order valence-corrected chi connectivity index (χ0v) is 11.2. The highest BCUT2D eigenvalue weighted by Crippen LogP contribution is 2.08. The number of thioether (sulfide) groups is 1. The van der Waals surface area contributed by atoms with Crippen LogP contribution in [0.25, 0.3) is 0 Å². The molecular formula is C12H24N2S. The van der Waals surface area contributed by atoms with Crippen LogP contribution < -0.4 is 5.32 Å². The summed E-state index contributed by atoms with van der Waals surface area (Å²) < 4.78 is 0. The summed E-state index contributed by atoms with van der Waals surface area (Å²) in [5, 5.41) is 3.24. The molecule has 0 saturated carbocycles. The van der Waals surface area contributed by atoms with E-state index in [9.17, 15) is 0 Å². The molecule has 0 aromatic rings. The molecule has 88 valence electrons. The summed E-state index contributed by atoms with van der Waals surface area (Å²) in [5.41, 5.74) is 0. The number of hydrogen-bond acceptors (Lipinski definition) is 3. The molecule has 0 spiro atoms. The van der Waals surface area contributed by atoms with Crippen molar-refractivity contribution >= 4 is 11.8 Å². The van der Waals surface area contributed by atoms with Gasteiger partial charge >= 0.3 is 0 Å². The quantitative estimate of drug-likeness (QED) is 0.502. The second kappa shape index (κ2) is 9.08. The van der Waals surface area contributed by atoms with E-state index in [4.69, 9.17) is 6.42 Å². The summed E-state index contributed by atoms with van der Waals surface area (Å²) >= 11 is 1.91. The van der Waals surface area contributed by atoms with Crippen LogP contribution in [0, 0.1) is 12.3 Å². The molecule has 0 radical (unpaired) electrons. The Morgan fingerprint density at radius 3 is 2.60 bits per heavy atom. The zero-order valence-electron chi connectivity index (χ0n) is 10.4. The van der Waals surface area contributed by atoms with E-state index in [1.54, 1.807) is 0 Å². The lowest BCUT2D eigenvalue weighted by Gasteiger charge is -2.30. The fourth-order valence-electron chi connectivity index (χ4n) is 1.42. The molecule has 3 heteroatoms. The molecule has 0 heterocycles. The monoisotopic (exact) mass is 228 g/mol. The van der Waals surface area contributed by atoms with Gasteiger partial charge in [-0.05, 0) is 39.3 Å². The first kappa shape index (κ1) is 14.8. The molecule has 2 unspecified atom stereocenters. The first-order valence-electron chi connectivity index (χ1n) is 5.48. The lowest BCUT2D eigenvalue weighted by Crippen LogP contribution is -2.43. The first-order valence-corrected chi connectivity index (χ1v) is 6.87. The van der Waals surface area contributed by atoms with E-state index in [-0.39, 0.29) is 0 Å². The van der Waals surface area contributed by atoms with Crippen molar-refractivity contribution in [1.29, 1.82) is 0 Å². The van der Waals surface area contributed by atoms with E-state index in [2.05, 4.69) is 43.3 Å². The van der Waals surface area contributed by atoms with Crippen LogP contribution in [0.3, 0.4) is 0 Å². The fraction of sp³-hybridized carbons (Fsp3) is 0.833. The van der Waals surface area contributed by atoms with Crippen molar-refractivity contribution in [3.8, 4) is 12.3 Å². The van der Waals surface area contributed by atoms with E-state index in [0.29, 0.717) is 18.6 Å². The predicted octanol–water partition coefficient (Wildman–Crippen LogP) is 1.67. The third-order valence-corrected chi connectivity index (χ3v) is 3.44. The highest BCUT2D eigenvalue weighted by Gasteiger charge is 2.14. The molecule has 2 nitrogen and oxygen atoms in total. The number of hydrogen-bond donors (Lipinski definition) is 1. The molecular weight excluding hydrogens is 204 g/mol. The van der Waals surface area contributed by atoms with Gasteiger partial charge in [-0.3, -0.25) is 4.90 Å².